The Kier molecular flexibility index (Phi) is 19.5. The topological polar surface area (TPSA) is 9.86 Å². The van der Waals surface area contributed by atoms with Gasteiger partial charge in [0.2, 0.25) is 0 Å². The molecule has 1 aliphatic carbocycles. The highest BCUT2D eigenvalue weighted by atomic mass is 32.1. The lowest BCUT2D eigenvalue weighted by molar-refractivity contribution is 0.398. The van der Waals surface area contributed by atoms with Gasteiger partial charge in [0, 0.05) is 81.6 Å². The van der Waals surface area contributed by atoms with Crippen LogP contribution in [0.4, 0.5) is 0 Å². The molecule has 0 N–H and O–H groups in total. The van der Waals surface area contributed by atoms with Crippen LogP contribution in [-0.2, 0) is 18.5 Å². The number of aryl methyl sites for hydroxylation is 2. The van der Waals surface area contributed by atoms with Crippen LogP contribution in [0.15, 0.2) is 146 Å². The highest BCUT2D eigenvalue weighted by Gasteiger charge is 2.43. The number of rotatable bonds is 32. The fourth-order valence-electron chi connectivity index (χ4n) is 14.2. The molecule has 4 heteroatoms. The molecule has 10 aromatic rings. The zero-order valence-electron chi connectivity index (χ0n) is 49.9. The number of aromatic nitrogens is 2. The van der Waals surface area contributed by atoms with Crippen LogP contribution in [0.2, 0.25) is 0 Å². The molecule has 6 aromatic carbocycles. The van der Waals surface area contributed by atoms with Crippen LogP contribution < -0.4 is 0 Å². The van der Waals surface area contributed by atoms with E-state index in [0.29, 0.717) is 0 Å². The van der Waals surface area contributed by atoms with Gasteiger partial charge in [0.1, 0.15) is 0 Å². The van der Waals surface area contributed by atoms with E-state index in [1.165, 1.54) is 263 Å². The SMILES string of the molecule is CCCCCCCCn1c2ccccc2c2cc(-c3ccc(-c4ccc5c(c4)C(CCCCCCCC)(CCCCCCCC)c4cc(-c6ccc(-c7ccc8c(c7)c7ccccc7n8CCCCCCCC)s6)ccc4-5)s3)ccc21. The monoisotopic (exact) mass is 1110 g/mol. The Morgan fingerprint density at radius 1 is 0.296 bits per heavy atom. The first-order valence-electron chi connectivity index (χ1n) is 32.6. The Morgan fingerprint density at radius 2 is 0.617 bits per heavy atom. The standard InChI is InChI=1S/C77H92N2S2/c1-5-9-13-17-21-29-49-77(50-30-22-18-14-10-6-2)67-55-59(75-47-45-73(80-75)57-39-43-71-65(53-57)63-33-25-27-35-69(63)78(71)51-31-23-19-15-11-7-3)37-41-61(67)62-42-38-60(56-68(62)77)76-48-46-74(81-76)58-40-44-72-66(54-58)64-34-26-28-36-70(64)79(72)52-32-24-20-16-12-8-4/h25-28,33-48,53-56H,5-24,29-32,49-52H2,1-4H3. The largest absolute Gasteiger partial charge is 0.340 e. The summed E-state index contributed by atoms with van der Waals surface area (Å²) >= 11 is 3.94. The molecule has 11 rings (SSSR count). The van der Waals surface area contributed by atoms with Crippen molar-refractivity contribution < 1.29 is 0 Å². The molecule has 0 aliphatic heterocycles. The molecule has 0 saturated heterocycles. The quantitative estimate of drug-likeness (QED) is 0.0372. The van der Waals surface area contributed by atoms with Gasteiger partial charge in [0.15, 0.2) is 0 Å². The normalized spacial score (nSPS) is 12.9. The fraction of sp³-hybridized carbons (Fsp3) is 0.429. The molecule has 0 spiro atoms. The summed E-state index contributed by atoms with van der Waals surface area (Å²) in [4.78, 5) is 5.44. The summed E-state index contributed by atoms with van der Waals surface area (Å²) in [5.41, 5.74) is 16.9. The van der Waals surface area contributed by atoms with Gasteiger partial charge in [0.05, 0.1) is 0 Å². The number of hydrogen-bond acceptors (Lipinski definition) is 2. The molecule has 0 saturated carbocycles. The summed E-state index contributed by atoms with van der Waals surface area (Å²) < 4.78 is 5.19. The van der Waals surface area contributed by atoms with Gasteiger partial charge in [-0.05, 0) is 143 Å². The Morgan fingerprint density at radius 3 is 1.01 bits per heavy atom. The number of para-hydroxylation sites is 2. The van der Waals surface area contributed by atoms with Crippen molar-refractivity contribution in [1.29, 1.82) is 0 Å². The van der Waals surface area contributed by atoms with E-state index in [4.69, 9.17) is 0 Å². The number of nitrogens with zero attached hydrogens (tertiary/aromatic N) is 2. The Bertz CT molecular complexity index is 3410. The Hall–Kier alpha value is -5.68. The second-order valence-corrected chi connectivity index (χ2v) is 26.5. The third-order valence-corrected chi connectivity index (χ3v) is 21.0. The summed E-state index contributed by atoms with van der Waals surface area (Å²) in [5, 5.41) is 5.51. The molecule has 0 atom stereocenters. The van der Waals surface area contributed by atoms with E-state index in [-0.39, 0.29) is 5.41 Å². The smallest absolute Gasteiger partial charge is 0.0491 e. The minimum atomic E-state index is -0.0180. The molecular weight excluding hydrogens is 1020 g/mol. The van der Waals surface area contributed by atoms with Gasteiger partial charge in [-0.25, -0.2) is 0 Å². The summed E-state index contributed by atoms with van der Waals surface area (Å²) in [6.45, 7) is 11.5. The van der Waals surface area contributed by atoms with Gasteiger partial charge in [-0.3, -0.25) is 0 Å². The fourth-order valence-corrected chi connectivity index (χ4v) is 16.2. The maximum atomic E-state index is 2.67. The third kappa shape index (κ3) is 12.5. The van der Waals surface area contributed by atoms with Gasteiger partial charge >= 0.3 is 0 Å². The van der Waals surface area contributed by atoms with Crippen molar-refractivity contribution in [3.05, 3.63) is 157 Å². The molecule has 4 aromatic heterocycles. The van der Waals surface area contributed by atoms with E-state index >= 15 is 0 Å². The van der Waals surface area contributed by atoms with Crippen molar-refractivity contribution in [3.8, 4) is 52.9 Å². The molecule has 4 heterocycles. The first kappa shape index (κ1) is 57.2. The molecule has 1 aliphatic rings. The average molecular weight is 1110 g/mol. The van der Waals surface area contributed by atoms with Crippen molar-refractivity contribution >= 4 is 66.3 Å². The van der Waals surface area contributed by atoms with Crippen LogP contribution in [0.25, 0.3) is 96.5 Å². The van der Waals surface area contributed by atoms with Crippen LogP contribution in [0, 0.1) is 0 Å². The lowest BCUT2D eigenvalue weighted by Crippen LogP contribution is -2.25. The highest BCUT2D eigenvalue weighted by molar-refractivity contribution is 7.19. The molecular formula is C77H92N2S2. The van der Waals surface area contributed by atoms with E-state index in [0.717, 1.165) is 13.1 Å². The van der Waals surface area contributed by atoms with Gasteiger partial charge in [0.25, 0.3) is 0 Å². The predicted molar refractivity (Wildman–Crippen MR) is 359 cm³/mol. The number of fused-ring (bicyclic) bond motifs is 9. The molecule has 2 nitrogen and oxygen atoms in total. The van der Waals surface area contributed by atoms with E-state index in [1.807, 2.05) is 22.7 Å². The summed E-state index contributed by atoms with van der Waals surface area (Å²) in [6.07, 6.45) is 34.1. The van der Waals surface area contributed by atoms with Crippen molar-refractivity contribution in [2.75, 3.05) is 0 Å². The van der Waals surface area contributed by atoms with E-state index in [2.05, 4.69) is 182 Å². The third-order valence-electron chi connectivity index (χ3n) is 18.6. The van der Waals surface area contributed by atoms with Crippen LogP contribution in [-0.4, -0.2) is 9.13 Å². The molecule has 422 valence electrons. The molecule has 0 bridgehead atoms. The zero-order valence-corrected chi connectivity index (χ0v) is 51.5. The van der Waals surface area contributed by atoms with Crippen molar-refractivity contribution in [2.24, 2.45) is 0 Å². The second-order valence-electron chi connectivity index (χ2n) is 24.3. The minimum absolute atomic E-state index is 0.0180. The van der Waals surface area contributed by atoms with Crippen LogP contribution in [0.5, 0.6) is 0 Å². The lowest BCUT2D eigenvalue weighted by Gasteiger charge is -2.33. The summed E-state index contributed by atoms with van der Waals surface area (Å²) in [6, 6.07) is 57.7. The Labute approximate surface area is 495 Å². The molecule has 0 radical (unpaired) electrons. The van der Waals surface area contributed by atoms with Crippen molar-refractivity contribution in [2.45, 2.75) is 213 Å². The van der Waals surface area contributed by atoms with E-state index < -0.39 is 0 Å². The van der Waals surface area contributed by atoms with Crippen LogP contribution in [0.3, 0.4) is 0 Å². The Balaban J connectivity index is 0.910. The van der Waals surface area contributed by atoms with Gasteiger partial charge in [-0.2, -0.15) is 0 Å². The number of thiophene rings is 2. The zero-order chi connectivity index (χ0) is 55.4. The highest BCUT2D eigenvalue weighted by Crippen LogP contribution is 2.56. The van der Waals surface area contributed by atoms with Crippen molar-refractivity contribution in [3.63, 3.8) is 0 Å². The van der Waals surface area contributed by atoms with Gasteiger partial charge < -0.3 is 9.13 Å². The first-order chi connectivity index (χ1) is 40.0. The lowest BCUT2D eigenvalue weighted by atomic mass is 9.70. The average Bonchev–Trinajstić information content (AvgIpc) is 3.83. The number of hydrogen-bond donors (Lipinski definition) is 0. The molecule has 81 heavy (non-hydrogen) atoms. The predicted octanol–water partition coefficient (Wildman–Crippen LogP) is 25.2. The molecule has 0 amide bonds. The number of unbranched alkanes of at least 4 members (excludes halogenated alkanes) is 20. The van der Waals surface area contributed by atoms with Crippen molar-refractivity contribution in [1.82, 2.24) is 9.13 Å². The first-order valence-corrected chi connectivity index (χ1v) is 34.2. The minimum Gasteiger partial charge on any atom is -0.340 e. The van der Waals surface area contributed by atoms with Crippen LogP contribution >= 0.6 is 22.7 Å². The molecule has 0 fully saturated rings. The van der Waals surface area contributed by atoms with Gasteiger partial charge in [-0.1, -0.05) is 242 Å². The molecule has 0 unspecified atom stereocenters. The van der Waals surface area contributed by atoms with E-state index in [1.54, 1.807) is 11.1 Å². The maximum Gasteiger partial charge on any atom is 0.0491 e. The maximum absolute atomic E-state index is 2.67. The van der Waals surface area contributed by atoms with Gasteiger partial charge in [-0.15, -0.1) is 22.7 Å². The number of benzene rings is 6. The summed E-state index contributed by atoms with van der Waals surface area (Å²) in [5.74, 6) is 0. The van der Waals surface area contributed by atoms with E-state index in [9.17, 15) is 0 Å². The summed E-state index contributed by atoms with van der Waals surface area (Å²) in [7, 11) is 0. The second kappa shape index (κ2) is 27.6. The van der Waals surface area contributed by atoms with Crippen LogP contribution in [0.1, 0.15) is 206 Å².